The van der Waals surface area contributed by atoms with Gasteiger partial charge in [-0.15, -0.1) is 0 Å². The zero-order valence-electron chi connectivity index (χ0n) is 10.8. The van der Waals surface area contributed by atoms with Crippen molar-refractivity contribution in [2.75, 3.05) is 27.4 Å². The minimum absolute atomic E-state index is 0.0623. The summed E-state index contributed by atoms with van der Waals surface area (Å²) in [6.07, 6.45) is 0.324. The summed E-state index contributed by atoms with van der Waals surface area (Å²) in [7, 11) is 3.19. The first-order chi connectivity index (χ1) is 8.69. The molecular weight excluding hydrogens is 232 g/mol. The van der Waals surface area contributed by atoms with E-state index in [0.717, 1.165) is 11.3 Å². The molecule has 1 rings (SSSR count). The van der Waals surface area contributed by atoms with Crippen LogP contribution in [0.2, 0.25) is 0 Å². The molecule has 0 aliphatic carbocycles. The Morgan fingerprint density at radius 3 is 2.50 bits per heavy atom. The van der Waals surface area contributed by atoms with Crippen molar-refractivity contribution in [1.82, 2.24) is 5.32 Å². The molecule has 1 atom stereocenters. The number of hydrogen-bond acceptors (Lipinski definition) is 4. The van der Waals surface area contributed by atoms with Crippen molar-refractivity contribution in [1.29, 1.82) is 0 Å². The minimum atomic E-state index is -0.138. The largest absolute Gasteiger partial charge is 0.497 e. The van der Waals surface area contributed by atoms with Crippen molar-refractivity contribution in [3.8, 4) is 5.75 Å². The summed E-state index contributed by atoms with van der Waals surface area (Å²) < 4.78 is 10.0. The summed E-state index contributed by atoms with van der Waals surface area (Å²) in [5.74, 6) is 0.714. The lowest BCUT2D eigenvalue weighted by Crippen LogP contribution is -2.43. The molecule has 1 aromatic rings. The third-order valence-corrected chi connectivity index (χ3v) is 2.54. The number of carbonyl (C=O) groups is 1. The van der Waals surface area contributed by atoms with Crippen molar-refractivity contribution in [2.24, 2.45) is 5.73 Å². The quantitative estimate of drug-likeness (QED) is 0.733. The smallest absolute Gasteiger partial charge is 0.224 e. The molecule has 0 radical (unpaired) electrons. The van der Waals surface area contributed by atoms with E-state index >= 15 is 0 Å². The summed E-state index contributed by atoms with van der Waals surface area (Å²) >= 11 is 0. The highest BCUT2D eigenvalue weighted by molar-refractivity contribution is 5.78. The van der Waals surface area contributed by atoms with Gasteiger partial charge in [-0.25, -0.2) is 0 Å². The molecule has 5 nitrogen and oxygen atoms in total. The predicted octanol–water partition coefficient (Wildman–Crippen LogP) is 0.328. The maximum Gasteiger partial charge on any atom is 0.224 e. The predicted molar refractivity (Wildman–Crippen MR) is 69.6 cm³/mol. The monoisotopic (exact) mass is 252 g/mol. The second-order valence-corrected chi connectivity index (χ2v) is 3.98. The molecule has 0 spiro atoms. The number of nitrogens with two attached hydrogens (primary N) is 1. The fourth-order valence-corrected chi connectivity index (χ4v) is 1.58. The average molecular weight is 252 g/mol. The lowest BCUT2D eigenvalue weighted by atomic mass is 10.1. The van der Waals surface area contributed by atoms with E-state index < -0.39 is 0 Å². The summed E-state index contributed by atoms with van der Waals surface area (Å²) in [6, 6.07) is 7.26. The summed E-state index contributed by atoms with van der Waals surface area (Å²) in [5, 5.41) is 2.82. The highest BCUT2D eigenvalue weighted by Crippen LogP contribution is 2.11. The number of nitrogens with one attached hydrogen (secondary N) is 1. The van der Waals surface area contributed by atoms with Crippen molar-refractivity contribution in [3.63, 3.8) is 0 Å². The molecule has 5 heteroatoms. The van der Waals surface area contributed by atoms with Gasteiger partial charge < -0.3 is 20.5 Å². The number of rotatable bonds is 7. The molecule has 0 heterocycles. The van der Waals surface area contributed by atoms with Crippen molar-refractivity contribution in [3.05, 3.63) is 29.8 Å². The summed E-state index contributed by atoms with van der Waals surface area (Å²) in [6.45, 7) is 0.785. The molecule has 0 aromatic heterocycles. The van der Waals surface area contributed by atoms with E-state index in [9.17, 15) is 4.79 Å². The fraction of sp³-hybridized carbons (Fsp3) is 0.462. The molecule has 1 unspecified atom stereocenters. The van der Waals surface area contributed by atoms with Gasteiger partial charge in [-0.05, 0) is 17.7 Å². The van der Waals surface area contributed by atoms with Crippen LogP contribution in [-0.4, -0.2) is 39.3 Å². The Kier molecular flexibility index (Phi) is 6.18. The molecule has 3 N–H and O–H groups in total. The molecule has 0 saturated heterocycles. The molecule has 100 valence electrons. The zero-order chi connectivity index (χ0) is 13.4. The molecule has 0 fully saturated rings. The summed E-state index contributed by atoms with van der Waals surface area (Å²) in [4.78, 5) is 11.8. The standard InChI is InChI=1S/C13H20N2O3/c1-17-9-11(8-14)15-13(16)7-10-3-5-12(18-2)6-4-10/h3-6,11H,7-9,14H2,1-2H3,(H,15,16). The zero-order valence-corrected chi connectivity index (χ0v) is 10.8. The first-order valence-electron chi connectivity index (χ1n) is 5.81. The van der Waals surface area contributed by atoms with E-state index in [2.05, 4.69) is 5.32 Å². The van der Waals surface area contributed by atoms with Gasteiger partial charge >= 0.3 is 0 Å². The van der Waals surface area contributed by atoms with Gasteiger partial charge in [-0.1, -0.05) is 12.1 Å². The Balaban J connectivity index is 2.47. The molecule has 0 saturated carbocycles. The fourth-order valence-electron chi connectivity index (χ4n) is 1.58. The molecular formula is C13H20N2O3. The van der Waals surface area contributed by atoms with Crippen molar-refractivity contribution in [2.45, 2.75) is 12.5 Å². The van der Waals surface area contributed by atoms with Crippen molar-refractivity contribution < 1.29 is 14.3 Å². The highest BCUT2D eigenvalue weighted by atomic mass is 16.5. The van der Waals surface area contributed by atoms with E-state index in [1.54, 1.807) is 14.2 Å². The Bertz CT molecular complexity index is 365. The van der Waals surface area contributed by atoms with Gasteiger partial charge in [0.05, 0.1) is 26.2 Å². The van der Waals surface area contributed by atoms with Gasteiger partial charge in [0.25, 0.3) is 0 Å². The number of carbonyl (C=O) groups excluding carboxylic acids is 1. The normalized spacial score (nSPS) is 11.9. The van der Waals surface area contributed by atoms with Crippen LogP contribution in [-0.2, 0) is 16.0 Å². The number of methoxy groups -OCH3 is 2. The average Bonchev–Trinajstić information content (AvgIpc) is 2.39. The Labute approximate surface area is 107 Å². The molecule has 1 aromatic carbocycles. The second kappa shape index (κ2) is 7.68. The van der Waals surface area contributed by atoms with Gasteiger partial charge in [0.1, 0.15) is 5.75 Å². The van der Waals surface area contributed by atoms with Crippen LogP contribution in [0.1, 0.15) is 5.56 Å². The Hall–Kier alpha value is -1.59. The van der Waals surface area contributed by atoms with Gasteiger partial charge in [-0.2, -0.15) is 0 Å². The molecule has 1 amide bonds. The SMILES string of the molecule is COCC(CN)NC(=O)Cc1ccc(OC)cc1. The van der Waals surface area contributed by atoms with E-state index in [0.29, 0.717) is 19.6 Å². The summed E-state index contributed by atoms with van der Waals surface area (Å²) in [5.41, 5.74) is 6.46. The lowest BCUT2D eigenvalue weighted by molar-refractivity contribution is -0.121. The Morgan fingerprint density at radius 2 is 2.00 bits per heavy atom. The second-order valence-electron chi connectivity index (χ2n) is 3.98. The van der Waals surface area contributed by atoms with Crippen LogP contribution in [0.15, 0.2) is 24.3 Å². The highest BCUT2D eigenvalue weighted by Gasteiger charge is 2.10. The Morgan fingerprint density at radius 1 is 1.33 bits per heavy atom. The topological polar surface area (TPSA) is 73.6 Å². The van der Waals surface area contributed by atoms with Gasteiger partial charge in [0.2, 0.25) is 5.91 Å². The first-order valence-corrected chi connectivity index (χ1v) is 5.81. The number of hydrogen-bond donors (Lipinski definition) is 2. The van der Waals surface area contributed by atoms with E-state index in [1.807, 2.05) is 24.3 Å². The van der Waals surface area contributed by atoms with Crippen molar-refractivity contribution >= 4 is 5.91 Å². The van der Waals surface area contributed by atoms with Crippen LogP contribution in [0.4, 0.5) is 0 Å². The molecule has 0 bridgehead atoms. The van der Waals surface area contributed by atoms with Crippen LogP contribution in [0.3, 0.4) is 0 Å². The van der Waals surface area contributed by atoms with Crippen LogP contribution in [0, 0.1) is 0 Å². The number of benzene rings is 1. The third kappa shape index (κ3) is 4.73. The van der Waals surface area contributed by atoms with Crippen LogP contribution in [0.25, 0.3) is 0 Å². The van der Waals surface area contributed by atoms with Crippen LogP contribution in [0.5, 0.6) is 5.75 Å². The number of ether oxygens (including phenoxy) is 2. The van der Waals surface area contributed by atoms with Gasteiger partial charge in [0, 0.05) is 13.7 Å². The molecule has 0 aliphatic rings. The first kappa shape index (κ1) is 14.5. The van der Waals surface area contributed by atoms with E-state index in [4.69, 9.17) is 15.2 Å². The van der Waals surface area contributed by atoms with Gasteiger partial charge in [0.15, 0.2) is 0 Å². The maximum absolute atomic E-state index is 11.8. The van der Waals surface area contributed by atoms with E-state index in [-0.39, 0.29) is 11.9 Å². The van der Waals surface area contributed by atoms with Crippen LogP contribution < -0.4 is 15.8 Å². The number of amides is 1. The lowest BCUT2D eigenvalue weighted by Gasteiger charge is -2.15. The minimum Gasteiger partial charge on any atom is -0.497 e. The third-order valence-electron chi connectivity index (χ3n) is 2.54. The maximum atomic E-state index is 11.8. The van der Waals surface area contributed by atoms with E-state index in [1.165, 1.54) is 0 Å². The van der Waals surface area contributed by atoms with Gasteiger partial charge in [-0.3, -0.25) is 4.79 Å². The molecule has 18 heavy (non-hydrogen) atoms. The molecule has 0 aliphatic heterocycles. The van der Waals surface area contributed by atoms with Crippen LogP contribution >= 0.6 is 0 Å².